The predicted octanol–water partition coefficient (Wildman–Crippen LogP) is 2.56. The number of hydrogen-bond acceptors (Lipinski definition) is 4. The number of imidazole rings is 1. The minimum atomic E-state index is -0.837. The number of aliphatic carboxylic acids is 1. The molecule has 1 aliphatic rings. The molecule has 6 nitrogen and oxygen atoms in total. The lowest BCUT2D eigenvalue weighted by atomic mass is 9.65. The molecule has 0 unspecified atom stereocenters. The average molecular weight is 280 g/mol. The summed E-state index contributed by atoms with van der Waals surface area (Å²) in [6, 6.07) is 0. The Bertz CT molecular complexity index is 524. The van der Waals surface area contributed by atoms with Gasteiger partial charge >= 0.3 is 12.1 Å². The van der Waals surface area contributed by atoms with Gasteiger partial charge < -0.3 is 9.84 Å². The highest BCUT2D eigenvalue weighted by molar-refractivity contribution is 5.71. The van der Waals surface area contributed by atoms with E-state index in [1.807, 2.05) is 0 Å². The van der Waals surface area contributed by atoms with Gasteiger partial charge in [-0.3, -0.25) is 4.79 Å². The van der Waals surface area contributed by atoms with E-state index < -0.39 is 23.1 Å². The summed E-state index contributed by atoms with van der Waals surface area (Å²) >= 11 is 0. The number of ether oxygens (including phenoxy) is 1. The van der Waals surface area contributed by atoms with Gasteiger partial charge in [0.05, 0.1) is 12.1 Å². The van der Waals surface area contributed by atoms with Crippen molar-refractivity contribution in [2.24, 2.45) is 0 Å². The van der Waals surface area contributed by atoms with E-state index in [-0.39, 0.29) is 6.42 Å². The number of carboxylic acids is 1. The first kappa shape index (κ1) is 14.6. The molecule has 1 heterocycles. The Morgan fingerprint density at radius 3 is 2.55 bits per heavy atom. The molecule has 2 rings (SSSR count). The minimum Gasteiger partial charge on any atom is -0.481 e. The Morgan fingerprint density at radius 2 is 2.10 bits per heavy atom. The summed E-state index contributed by atoms with van der Waals surface area (Å²) in [6.45, 7) is 5.38. The Kier molecular flexibility index (Phi) is 3.58. The van der Waals surface area contributed by atoms with E-state index in [4.69, 9.17) is 9.84 Å². The van der Waals surface area contributed by atoms with Gasteiger partial charge in [0.25, 0.3) is 0 Å². The topological polar surface area (TPSA) is 81.4 Å². The number of hydrogen-bond donors (Lipinski definition) is 1. The van der Waals surface area contributed by atoms with E-state index in [1.54, 1.807) is 27.0 Å². The smallest absolute Gasteiger partial charge is 0.419 e. The van der Waals surface area contributed by atoms with Crippen LogP contribution in [0, 0.1) is 0 Å². The number of rotatable bonds is 3. The molecule has 1 N–H and O–H groups in total. The van der Waals surface area contributed by atoms with Crippen LogP contribution in [0.1, 0.15) is 52.1 Å². The fraction of sp³-hybridized carbons (Fsp3) is 0.643. The van der Waals surface area contributed by atoms with Crippen LogP contribution < -0.4 is 0 Å². The van der Waals surface area contributed by atoms with Gasteiger partial charge in [-0.2, -0.15) is 0 Å². The second kappa shape index (κ2) is 4.92. The van der Waals surface area contributed by atoms with Gasteiger partial charge in [0.15, 0.2) is 0 Å². The largest absolute Gasteiger partial charge is 0.481 e. The Hall–Kier alpha value is -1.85. The molecule has 1 aromatic heterocycles. The van der Waals surface area contributed by atoms with Crippen molar-refractivity contribution in [1.82, 2.24) is 9.55 Å². The summed E-state index contributed by atoms with van der Waals surface area (Å²) in [7, 11) is 0. The lowest BCUT2D eigenvalue weighted by molar-refractivity contribution is -0.139. The molecule has 0 amide bonds. The summed E-state index contributed by atoms with van der Waals surface area (Å²) in [5.74, 6) is -0.837. The highest BCUT2D eigenvalue weighted by atomic mass is 16.6. The van der Waals surface area contributed by atoms with E-state index in [0.717, 1.165) is 19.3 Å². The lowest BCUT2D eigenvalue weighted by Crippen LogP contribution is -2.37. The SMILES string of the molecule is CC(C)(C)OC(=O)n1cnc(C2(CC(=O)O)CCC2)c1. The molecule has 0 saturated heterocycles. The van der Waals surface area contributed by atoms with Crippen molar-refractivity contribution >= 4 is 12.1 Å². The summed E-state index contributed by atoms with van der Waals surface area (Å²) < 4.78 is 6.53. The van der Waals surface area contributed by atoms with Crippen LogP contribution in [0.25, 0.3) is 0 Å². The van der Waals surface area contributed by atoms with E-state index in [1.165, 1.54) is 10.9 Å². The number of aromatic nitrogens is 2. The van der Waals surface area contributed by atoms with Crippen LogP contribution in [0.3, 0.4) is 0 Å². The highest BCUT2D eigenvalue weighted by Gasteiger charge is 2.42. The van der Waals surface area contributed by atoms with Crippen molar-refractivity contribution in [1.29, 1.82) is 0 Å². The van der Waals surface area contributed by atoms with Crippen LogP contribution in [-0.4, -0.2) is 32.3 Å². The summed E-state index contributed by atoms with van der Waals surface area (Å²) in [4.78, 5) is 27.1. The number of carbonyl (C=O) groups excluding carboxylic acids is 1. The van der Waals surface area contributed by atoms with Gasteiger partial charge in [-0.05, 0) is 33.6 Å². The van der Waals surface area contributed by atoms with Gasteiger partial charge in [-0.25, -0.2) is 14.3 Å². The maximum absolute atomic E-state index is 11.9. The molecule has 1 fully saturated rings. The Morgan fingerprint density at radius 1 is 1.45 bits per heavy atom. The van der Waals surface area contributed by atoms with E-state index >= 15 is 0 Å². The molecular formula is C14H20N2O4. The van der Waals surface area contributed by atoms with Gasteiger partial charge in [-0.1, -0.05) is 6.42 Å². The Balaban J connectivity index is 2.16. The lowest BCUT2D eigenvalue weighted by Gasteiger charge is -2.39. The van der Waals surface area contributed by atoms with Crippen LogP contribution in [0.4, 0.5) is 4.79 Å². The van der Waals surface area contributed by atoms with E-state index in [2.05, 4.69) is 4.98 Å². The van der Waals surface area contributed by atoms with Gasteiger partial charge in [-0.15, -0.1) is 0 Å². The van der Waals surface area contributed by atoms with E-state index in [9.17, 15) is 9.59 Å². The molecular weight excluding hydrogens is 260 g/mol. The second-order valence-electron chi connectivity index (χ2n) is 6.35. The Labute approximate surface area is 117 Å². The fourth-order valence-electron chi connectivity index (χ4n) is 2.43. The molecule has 6 heteroatoms. The molecule has 110 valence electrons. The highest BCUT2D eigenvalue weighted by Crippen LogP contribution is 2.45. The van der Waals surface area contributed by atoms with Crippen molar-refractivity contribution < 1.29 is 19.4 Å². The standard InChI is InChI=1S/C14H20N2O4/c1-13(2,3)20-12(19)16-8-10(15-9-16)14(5-4-6-14)7-11(17)18/h8-9H,4-7H2,1-3H3,(H,17,18). The summed E-state index contributed by atoms with van der Waals surface area (Å²) in [5, 5.41) is 9.02. The minimum absolute atomic E-state index is 0.0539. The molecule has 0 aromatic carbocycles. The maximum atomic E-state index is 11.9. The number of carboxylic acid groups (broad SMARTS) is 1. The van der Waals surface area contributed by atoms with Crippen LogP contribution in [0.2, 0.25) is 0 Å². The van der Waals surface area contributed by atoms with E-state index in [0.29, 0.717) is 5.69 Å². The third kappa shape index (κ3) is 3.00. The zero-order chi connectivity index (χ0) is 15.0. The van der Waals surface area contributed by atoms with Crippen molar-refractivity contribution in [2.75, 3.05) is 0 Å². The predicted molar refractivity (Wildman–Crippen MR) is 71.6 cm³/mol. The zero-order valence-electron chi connectivity index (χ0n) is 12.0. The molecule has 20 heavy (non-hydrogen) atoms. The molecule has 0 spiro atoms. The number of nitrogens with zero attached hydrogens (tertiary/aromatic N) is 2. The van der Waals surface area contributed by atoms with Crippen LogP contribution in [-0.2, 0) is 14.9 Å². The van der Waals surface area contributed by atoms with Crippen molar-refractivity contribution in [2.45, 2.75) is 57.5 Å². The quantitative estimate of drug-likeness (QED) is 0.920. The second-order valence-corrected chi connectivity index (χ2v) is 6.35. The summed E-state index contributed by atoms with van der Waals surface area (Å²) in [5.41, 5.74) is -0.326. The molecule has 1 aliphatic carbocycles. The molecule has 0 aliphatic heterocycles. The molecule has 0 radical (unpaired) electrons. The normalized spacial score (nSPS) is 17.4. The third-order valence-electron chi connectivity index (χ3n) is 3.53. The van der Waals surface area contributed by atoms with Crippen LogP contribution >= 0.6 is 0 Å². The first-order chi connectivity index (χ1) is 9.22. The van der Waals surface area contributed by atoms with Gasteiger partial charge in [0.1, 0.15) is 11.9 Å². The van der Waals surface area contributed by atoms with Crippen molar-refractivity contribution in [3.8, 4) is 0 Å². The fourth-order valence-corrected chi connectivity index (χ4v) is 2.43. The molecule has 0 atom stereocenters. The van der Waals surface area contributed by atoms with Gasteiger partial charge in [0, 0.05) is 11.6 Å². The average Bonchev–Trinajstić information content (AvgIpc) is 2.70. The zero-order valence-corrected chi connectivity index (χ0v) is 12.0. The number of carbonyl (C=O) groups is 2. The van der Waals surface area contributed by atoms with Crippen LogP contribution in [0.15, 0.2) is 12.5 Å². The molecule has 0 bridgehead atoms. The monoisotopic (exact) mass is 280 g/mol. The first-order valence-corrected chi connectivity index (χ1v) is 6.71. The molecule has 1 aromatic rings. The van der Waals surface area contributed by atoms with Crippen molar-refractivity contribution in [3.05, 3.63) is 18.2 Å². The van der Waals surface area contributed by atoms with Crippen molar-refractivity contribution in [3.63, 3.8) is 0 Å². The molecule has 1 saturated carbocycles. The maximum Gasteiger partial charge on any atom is 0.419 e. The first-order valence-electron chi connectivity index (χ1n) is 6.71. The van der Waals surface area contributed by atoms with Gasteiger partial charge in [0.2, 0.25) is 0 Å². The third-order valence-corrected chi connectivity index (χ3v) is 3.53. The van der Waals surface area contributed by atoms with Crippen LogP contribution in [0.5, 0.6) is 0 Å². The summed E-state index contributed by atoms with van der Waals surface area (Å²) in [6.07, 6.45) is 5.13.